The van der Waals surface area contributed by atoms with Gasteiger partial charge in [0.1, 0.15) is 0 Å². The molecule has 0 aliphatic rings. The van der Waals surface area contributed by atoms with Crippen LogP contribution < -0.4 is 5.48 Å². The van der Waals surface area contributed by atoms with E-state index in [1.807, 2.05) is 0 Å². The lowest BCUT2D eigenvalue weighted by Gasteiger charge is -2.10. The minimum atomic E-state index is 0.389. The molecule has 2 nitrogen and oxygen atoms in total. The second kappa shape index (κ2) is 5.06. The van der Waals surface area contributed by atoms with Crippen molar-refractivity contribution in [1.82, 2.24) is 5.48 Å². The monoisotopic (exact) mass is 117 g/mol. The fourth-order valence-electron chi connectivity index (χ4n) is 0.622. The zero-order chi connectivity index (χ0) is 6.41. The van der Waals surface area contributed by atoms with Crippen molar-refractivity contribution >= 4 is 0 Å². The molecule has 0 bridgehead atoms. The first-order valence-corrected chi connectivity index (χ1v) is 3.17. The third-order valence-corrected chi connectivity index (χ3v) is 1.20. The van der Waals surface area contributed by atoms with E-state index in [2.05, 4.69) is 19.3 Å². The first-order chi connectivity index (χ1) is 3.85. The van der Waals surface area contributed by atoms with Gasteiger partial charge in [-0.25, -0.2) is 5.48 Å². The molecule has 0 heterocycles. The molecule has 8 heavy (non-hydrogen) atoms. The fraction of sp³-hybridized carbons (Fsp3) is 1.00. The van der Waals surface area contributed by atoms with Crippen LogP contribution in [-0.4, -0.2) is 13.2 Å². The van der Waals surface area contributed by atoms with E-state index in [4.69, 9.17) is 4.84 Å². The van der Waals surface area contributed by atoms with E-state index in [1.165, 1.54) is 0 Å². The van der Waals surface area contributed by atoms with Gasteiger partial charge in [0, 0.05) is 7.05 Å². The van der Waals surface area contributed by atoms with Crippen molar-refractivity contribution < 1.29 is 4.84 Å². The summed E-state index contributed by atoms with van der Waals surface area (Å²) in [5, 5.41) is 0. The van der Waals surface area contributed by atoms with Gasteiger partial charge < -0.3 is 0 Å². The first-order valence-electron chi connectivity index (χ1n) is 3.17. The molecule has 0 saturated heterocycles. The Morgan fingerprint density at radius 3 is 2.00 bits per heavy atom. The van der Waals surface area contributed by atoms with E-state index in [0.29, 0.717) is 6.10 Å². The standard InChI is InChI=1S/C6H15NO/c1-4-6(5-2)8-7-3/h6-7H,4-5H2,1-3H3. The summed E-state index contributed by atoms with van der Waals surface area (Å²) >= 11 is 0. The average Bonchev–Trinajstić information content (AvgIpc) is 1.83. The van der Waals surface area contributed by atoms with Crippen LogP contribution in [0.2, 0.25) is 0 Å². The highest BCUT2D eigenvalue weighted by Crippen LogP contribution is 1.98. The van der Waals surface area contributed by atoms with E-state index in [9.17, 15) is 0 Å². The van der Waals surface area contributed by atoms with Crippen LogP contribution in [0.3, 0.4) is 0 Å². The topological polar surface area (TPSA) is 21.3 Å². The van der Waals surface area contributed by atoms with Crippen molar-refractivity contribution in [3.63, 3.8) is 0 Å². The van der Waals surface area contributed by atoms with Gasteiger partial charge in [-0.1, -0.05) is 13.8 Å². The number of nitrogens with one attached hydrogen (secondary N) is 1. The van der Waals surface area contributed by atoms with Gasteiger partial charge in [0.2, 0.25) is 0 Å². The van der Waals surface area contributed by atoms with Gasteiger partial charge >= 0.3 is 0 Å². The van der Waals surface area contributed by atoms with Crippen molar-refractivity contribution in [2.75, 3.05) is 7.05 Å². The maximum atomic E-state index is 5.09. The lowest BCUT2D eigenvalue weighted by atomic mass is 10.2. The summed E-state index contributed by atoms with van der Waals surface area (Å²) in [5.41, 5.74) is 2.67. The number of hydroxylamine groups is 1. The molecule has 2 heteroatoms. The van der Waals surface area contributed by atoms with E-state index in [0.717, 1.165) is 12.8 Å². The molecule has 0 radical (unpaired) electrons. The minimum Gasteiger partial charge on any atom is -0.299 e. The summed E-state index contributed by atoms with van der Waals surface area (Å²) in [6.45, 7) is 4.23. The summed E-state index contributed by atoms with van der Waals surface area (Å²) in [7, 11) is 1.79. The third kappa shape index (κ3) is 2.99. The lowest BCUT2D eigenvalue weighted by molar-refractivity contribution is -0.0153. The van der Waals surface area contributed by atoms with Crippen LogP contribution >= 0.6 is 0 Å². The molecule has 50 valence electrons. The van der Waals surface area contributed by atoms with Crippen molar-refractivity contribution in [3.8, 4) is 0 Å². The Morgan fingerprint density at radius 2 is 1.88 bits per heavy atom. The van der Waals surface area contributed by atoms with Crippen LogP contribution in [0.15, 0.2) is 0 Å². The zero-order valence-electron chi connectivity index (χ0n) is 5.90. The Hall–Kier alpha value is -0.0800. The van der Waals surface area contributed by atoms with E-state index in [-0.39, 0.29) is 0 Å². The van der Waals surface area contributed by atoms with Crippen molar-refractivity contribution in [2.24, 2.45) is 0 Å². The molecular formula is C6H15NO. The molecule has 1 N–H and O–H groups in total. The predicted molar refractivity (Wildman–Crippen MR) is 34.5 cm³/mol. The van der Waals surface area contributed by atoms with Crippen LogP contribution in [0.25, 0.3) is 0 Å². The quantitative estimate of drug-likeness (QED) is 0.561. The Bertz CT molecular complexity index is 43.8. The van der Waals surface area contributed by atoms with Crippen molar-refractivity contribution in [2.45, 2.75) is 32.8 Å². The minimum absolute atomic E-state index is 0.389. The van der Waals surface area contributed by atoms with Crippen molar-refractivity contribution in [1.29, 1.82) is 0 Å². The zero-order valence-corrected chi connectivity index (χ0v) is 5.90. The van der Waals surface area contributed by atoms with Crippen LogP contribution in [0.5, 0.6) is 0 Å². The molecule has 0 aliphatic heterocycles. The summed E-state index contributed by atoms with van der Waals surface area (Å²) in [6.07, 6.45) is 2.55. The second-order valence-electron chi connectivity index (χ2n) is 1.76. The molecule has 0 spiro atoms. The van der Waals surface area contributed by atoms with Crippen molar-refractivity contribution in [3.05, 3.63) is 0 Å². The molecule has 0 rings (SSSR count). The van der Waals surface area contributed by atoms with E-state index >= 15 is 0 Å². The lowest BCUT2D eigenvalue weighted by Crippen LogP contribution is -2.18. The molecule has 0 unspecified atom stereocenters. The molecule has 0 aromatic carbocycles. The van der Waals surface area contributed by atoms with Gasteiger partial charge in [0.05, 0.1) is 6.10 Å². The molecule has 0 amide bonds. The largest absolute Gasteiger partial charge is 0.299 e. The van der Waals surface area contributed by atoms with E-state index in [1.54, 1.807) is 7.05 Å². The number of hydrogen-bond acceptors (Lipinski definition) is 2. The Labute approximate surface area is 51.2 Å². The molecular weight excluding hydrogens is 102 g/mol. The first kappa shape index (κ1) is 7.92. The average molecular weight is 117 g/mol. The molecule has 0 aromatic heterocycles. The molecule has 0 aromatic rings. The number of rotatable bonds is 4. The van der Waals surface area contributed by atoms with Crippen LogP contribution in [0.1, 0.15) is 26.7 Å². The highest BCUT2D eigenvalue weighted by atomic mass is 16.7. The summed E-state index contributed by atoms with van der Waals surface area (Å²) in [5.74, 6) is 0. The third-order valence-electron chi connectivity index (χ3n) is 1.20. The predicted octanol–water partition coefficient (Wildman–Crippen LogP) is 1.33. The fourth-order valence-corrected chi connectivity index (χ4v) is 0.622. The number of hydrogen-bond donors (Lipinski definition) is 1. The van der Waals surface area contributed by atoms with Crippen LogP contribution in [-0.2, 0) is 4.84 Å². The molecule has 0 fully saturated rings. The van der Waals surface area contributed by atoms with Crippen LogP contribution in [0.4, 0.5) is 0 Å². The summed E-state index contributed by atoms with van der Waals surface area (Å²) in [4.78, 5) is 5.09. The van der Waals surface area contributed by atoms with Gasteiger partial charge in [0.25, 0.3) is 0 Å². The summed E-state index contributed by atoms with van der Waals surface area (Å²) < 4.78 is 0. The Morgan fingerprint density at radius 1 is 1.38 bits per heavy atom. The smallest absolute Gasteiger partial charge is 0.0785 e. The second-order valence-corrected chi connectivity index (χ2v) is 1.76. The Balaban J connectivity index is 3.07. The van der Waals surface area contributed by atoms with Gasteiger partial charge in [-0.05, 0) is 12.8 Å². The normalized spacial score (nSPS) is 10.5. The SMILES string of the molecule is CCC(CC)ONC. The molecule has 0 aliphatic carbocycles. The van der Waals surface area contributed by atoms with Crippen LogP contribution in [0, 0.1) is 0 Å². The summed E-state index contributed by atoms with van der Waals surface area (Å²) in [6, 6.07) is 0. The van der Waals surface area contributed by atoms with Gasteiger partial charge in [-0.15, -0.1) is 0 Å². The van der Waals surface area contributed by atoms with Gasteiger partial charge in [-0.2, -0.15) is 0 Å². The maximum absolute atomic E-state index is 5.09. The van der Waals surface area contributed by atoms with Gasteiger partial charge in [0.15, 0.2) is 0 Å². The molecule has 0 saturated carbocycles. The Kier molecular flexibility index (Phi) is 5.01. The maximum Gasteiger partial charge on any atom is 0.0785 e. The molecule has 0 atom stereocenters. The van der Waals surface area contributed by atoms with Gasteiger partial charge in [-0.3, -0.25) is 4.84 Å². The van der Waals surface area contributed by atoms with E-state index < -0.39 is 0 Å². The highest BCUT2D eigenvalue weighted by Gasteiger charge is 1.99. The highest BCUT2D eigenvalue weighted by molar-refractivity contribution is 4.47.